The minimum atomic E-state index is -0.994. The lowest BCUT2D eigenvalue weighted by atomic mass is 9.94. The van der Waals surface area contributed by atoms with Crippen molar-refractivity contribution in [2.75, 3.05) is 26.7 Å². The minimum absolute atomic E-state index is 0.0476. The molecule has 1 fully saturated rings. The number of likely N-dealkylation sites (N-methyl/N-ethyl adjacent to an activating group) is 1. The summed E-state index contributed by atoms with van der Waals surface area (Å²) in [5, 5.41) is 8.85. The fourth-order valence-corrected chi connectivity index (χ4v) is 1.66. The first-order chi connectivity index (χ1) is 7.84. The summed E-state index contributed by atoms with van der Waals surface area (Å²) in [4.78, 5) is 37.2. The number of piperazine rings is 1. The van der Waals surface area contributed by atoms with Crippen LogP contribution in [0.4, 0.5) is 0 Å². The average molecular weight is 242 g/mol. The molecular weight excluding hydrogens is 224 g/mol. The fourth-order valence-electron chi connectivity index (χ4n) is 1.66. The van der Waals surface area contributed by atoms with Crippen molar-refractivity contribution in [1.29, 1.82) is 0 Å². The molecule has 6 heteroatoms. The Balaban J connectivity index is 2.64. The molecule has 1 aliphatic heterocycles. The van der Waals surface area contributed by atoms with Crippen molar-refractivity contribution in [3.05, 3.63) is 0 Å². The number of carbonyl (C=O) groups is 3. The van der Waals surface area contributed by atoms with Crippen molar-refractivity contribution in [1.82, 2.24) is 9.80 Å². The van der Waals surface area contributed by atoms with Gasteiger partial charge in [0.1, 0.15) is 0 Å². The summed E-state index contributed by atoms with van der Waals surface area (Å²) in [6, 6.07) is 0. The molecule has 0 aromatic carbocycles. The normalized spacial score (nSPS) is 20.1. The molecule has 1 heterocycles. The SMILES string of the molecule is CC(C(=O)O)C(C)C(=O)N1CCN(C)C(=O)C1. The molecule has 0 bridgehead atoms. The van der Waals surface area contributed by atoms with Gasteiger partial charge >= 0.3 is 5.97 Å². The summed E-state index contributed by atoms with van der Waals surface area (Å²) in [6.45, 7) is 4.11. The van der Waals surface area contributed by atoms with Gasteiger partial charge in [0.2, 0.25) is 11.8 Å². The summed E-state index contributed by atoms with van der Waals surface area (Å²) in [6.07, 6.45) is 0. The lowest BCUT2D eigenvalue weighted by Crippen LogP contribution is -2.52. The lowest BCUT2D eigenvalue weighted by Gasteiger charge is -2.34. The number of amides is 2. The van der Waals surface area contributed by atoms with Gasteiger partial charge in [-0.25, -0.2) is 0 Å². The topological polar surface area (TPSA) is 77.9 Å². The van der Waals surface area contributed by atoms with Crippen LogP contribution in [0.1, 0.15) is 13.8 Å². The van der Waals surface area contributed by atoms with Crippen molar-refractivity contribution in [2.24, 2.45) is 11.8 Å². The van der Waals surface area contributed by atoms with E-state index in [4.69, 9.17) is 5.11 Å². The minimum Gasteiger partial charge on any atom is -0.481 e. The summed E-state index contributed by atoms with van der Waals surface area (Å²) < 4.78 is 0. The van der Waals surface area contributed by atoms with E-state index in [1.807, 2.05) is 0 Å². The molecular formula is C11H18N2O4. The van der Waals surface area contributed by atoms with Crippen LogP contribution in [-0.4, -0.2) is 59.4 Å². The molecule has 2 unspecified atom stereocenters. The van der Waals surface area contributed by atoms with Crippen molar-refractivity contribution in [3.63, 3.8) is 0 Å². The van der Waals surface area contributed by atoms with Crippen molar-refractivity contribution in [3.8, 4) is 0 Å². The highest BCUT2D eigenvalue weighted by Crippen LogP contribution is 2.16. The molecule has 2 amide bonds. The van der Waals surface area contributed by atoms with Gasteiger partial charge in [0.05, 0.1) is 12.5 Å². The maximum absolute atomic E-state index is 12.0. The molecule has 0 aromatic rings. The predicted octanol–water partition coefficient (Wildman–Crippen LogP) is -0.356. The summed E-state index contributed by atoms with van der Waals surface area (Å²) in [7, 11) is 1.69. The standard InChI is InChI=1S/C11H18N2O4/c1-7(8(2)11(16)17)10(15)13-5-4-12(3)9(14)6-13/h7-8H,4-6H2,1-3H3,(H,16,17). The third-order valence-electron chi connectivity index (χ3n) is 3.30. The van der Waals surface area contributed by atoms with Crippen LogP contribution in [0.5, 0.6) is 0 Å². The molecule has 96 valence electrons. The summed E-state index contributed by atoms with van der Waals surface area (Å²) in [5.74, 6) is -2.71. The quantitative estimate of drug-likeness (QED) is 0.733. The van der Waals surface area contributed by atoms with E-state index in [-0.39, 0.29) is 18.4 Å². The van der Waals surface area contributed by atoms with Crippen LogP contribution in [0.25, 0.3) is 0 Å². The Morgan fingerprint density at radius 3 is 2.29 bits per heavy atom. The Bertz CT molecular complexity index is 342. The molecule has 0 aromatic heterocycles. The van der Waals surface area contributed by atoms with Gasteiger partial charge in [0.15, 0.2) is 0 Å². The number of rotatable bonds is 3. The molecule has 0 aliphatic carbocycles. The van der Waals surface area contributed by atoms with E-state index in [1.54, 1.807) is 18.9 Å². The first-order valence-corrected chi connectivity index (χ1v) is 5.60. The molecule has 1 rings (SSSR count). The van der Waals surface area contributed by atoms with Crippen LogP contribution >= 0.6 is 0 Å². The van der Waals surface area contributed by atoms with E-state index in [9.17, 15) is 14.4 Å². The van der Waals surface area contributed by atoms with Gasteiger partial charge in [-0.15, -0.1) is 0 Å². The molecule has 17 heavy (non-hydrogen) atoms. The summed E-state index contributed by atoms with van der Waals surface area (Å²) in [5.41, 5.74) is 0. The Labute approximate surface area is 100 Å². The van der Waals surface area contributed by atoms with Crippen LogP contribution in [0.3, 0.4) is 0 Å². The van der Waals surface area contributed by atoms with Crippen molar-refractivity contribution < 1.29 is 19.5 Å². The summed E-state index contributed by atoms with van der Waals surface area (Å²) >= 11 is 0. The van der Waals surface area contributed by atoms with Crippen molar-refractivity contribution in [2.45, 2.75) is 13.8 Å². The molecule has 0 saturated carbocycles. The third-order valence-corrected chi connectivity index (χ3v) is 3.30. The molecule has 6 nitrogen and oxygen atoms in total. The zero-order chi connectivity index (χ0) is 13.2. The van der Waals surface area contributed by atoms with Crippen LogP contribution in [0, 0.1) is 11.8 Å². The van der Waals surface area contributed by atoms with E-state index >= 15 is 0 Å². The van der Waals surface area contributed by atoms with Crippen LogP contribution in [0.2, 0.25) is 0 Å². The molecule has 0 radical (unpaired) electrons. The van der Waals surface area contributed by atoms with Gasteiger partial charge < -0.3 is 14.9 Å². The number of carbonyl (C=O) groups excluding carboxylic acids is 2. The third kappa shape index (κ3) is 2.95. The highest BCUT2D eigenvalue weighted by Gasteiger charge is 2.32. The Kier molecular flexibility index (Phi) is 4.09. The van der Waals surface area contributed by atoms with Gasteiger partial charge in [-0.1, -0.05) is 13.8 Å². The van der Waals surface area contributed by atoms with Gasteiger partial charge in [-0.05, 0) is 0 Å². The van der Waals surface area contributed by atoms with E-state index in [0.29, 0.717) is 13.1 Å². The second-order valence-electron chi connectivity index (χ2n) is 4.49. The van der Waals surface area contributed by atoms with E-state index < -0.39 is 17.8 Å². The highest BCUT2D eigenvalue weighted by molar-refractivity contribution is 5.89. The number of carboxylic acid groups (broad SMARTS) is 1. The largest absolute Gasteiger partial charge is 0.481 e. The lowest BCUT2D eigenvalue weighted by molar-refractivity contribution is -0.152. The molecule has 0 spiro atoms. The van der Waals surface area contributed by atoms with E-state index in [0.717, 1.165) is 0 Å². The fraction of sp³-hybridized carbons (Fsp3) is 0.727. The monoisotopic (exact) mass is 242 g/mol. The first-order valence-electron chi connectivity index (χ1n) is 5.60. The number of nitrogens with zero attached hydrogens (tertiary/aromatic N) is 2. The smallest absolute Gasteiger partial charge is 0.307 e. The van der Waals surface area contributed by atoms with Crippen molar-refractivity contribution >= 4 is 17.8 Å². The Morgan fingerprint density at radius 1 is 1.24 bits per heavy atom. The second kappa shape index (κ2) is 5.16. The zero-order valence-electron chi connectivity index (χ0n) is 10.3. The zero-order valence-corrected chi connectivity index (χ0v) is 10.3. The predicted molar refractivity (Wildman–Crippen MR) is 60.2 cm³/mol. The number of hydrogen-bond acceptors (Lipinski definition) is 3. The molecule has 1 aliphatic rings. The van der Waals surface area contributed by atoms with Crippen LogP contribution in [0.15, 0.2) is 0 Å². The van der Waals surface area contributed by atoms with Crippen LogP contribution < -0.4 is 0 Å². The van der Waals surface area contributed by atoms with Crippen LogP contribution in [-0.2, 0) is 14.4 Å². The Morgan fingerprint density at radius 2 is 1.82 bits per heavy atom. The Hall–Kier alpha value is -1.59. The average Bonchev–Trinajstić information content (AvgIpc) is 2.29. The molecule has 2 atom stereocenters. The number of aliphatic carboxylic acids is 1. The van der Waals surface area contributed by atoms with E-state index in [2.05, 4.69) is 0 Å². The molecule has 1 N–H and O–H groups in total. The van der Waals surface area contributed by atoms with Gasteiger partial charge in [0, 0.05) is 26.1 Å². The van der Waals surface area contributed by atoms with Gasteiger partial charge in [-0.3, -0.25) is 14.4 Å². The number of carboxylic acids is 1. The first kappa shape index (κ1) is 13.5. The maximum atomic E-state index is 12.0. The highest BCUT2D eigenvalue weighted by atomic mass is 16.4. The number of hydrogen-bond donors (Lipinski definition) is 1. The van der Waals surface area contributed by atoms with Gasteiger partial charge in [0.25, 0.3) is 0 Å². The molecule has 1 saturated heterocycles. The van der Waals surface area contributed by atoms with Gasteiger partial charge in [-0.2, -0.15) is 0 Å². The van der Waals surface area contributed by atoms with E-state index in [1.165, 1.54) is 11.8 Å². The maximum Gasteiger partial charge on any atom is 0.307 e. The second-order valence-corrected chi connectivity index (χ2v) is 4.49.